The predicted octanol–water partition coefficient (Wildman–Crippen LogP) is 5.85. The average molecular weight is 1430 g/mol. The summed E-state index contributed by atoms with van der Waals surface area (Å²) < 4.78 is 30.6. The molecule has 27 heteroatoms. The second-order valence-electron chi connectivity index (χ2n) is 23.9. The molecule has 104 heavy (non-hydrogen) atoms. The highest BCUT2D eigenvalue weighted by molar-refractivity contribution is 5.97. The van der Waals surface area contributed by atoms with Gasteiger partial charge in [0.2, 0.25) is 29.5 Å². The normalized spacial score (nSPS) is 14.9. The van der Waals surface area contributed by atoms with Crippen molar-refractivity contribution in [2.45, 2.75) is 19.8 Å². The number of hydrogen-bond donors (Lipinski definition) is 8. The minimum atomic E-state index is -0.325. The van der Waals surface area contributed by atoms with E-state index in [0.29, 0.717) is 141 Å². The number of aliphatic hydroxyl groups excluding tert-OH is 3. The highest BCUT2D eigenvalue weighted by atomic mass is 16.5. The molecule has 0 aliphatic carbocycles. The van der Waals surface area contributed by atoms with Crippen LogP contribution in [0.3, 0.4) is 0 Å². The van der Waals surface area contributed by atoms with Gasteiger partial charge in [-0.1, -0.05) is 30.3 Å². The summed E-state index contributed by atoms with van der Waals surface area (Å²) in [7, 11) is 9.40. The summed E-state index contributed by atoms with van der Waals surface area (Å²) in [5.41, 5.74) is 5.40. The van der Waals surface area contributed by atoms with Crippen molar-refractivity contribution < 1.29 is 98.0 Å². The molecule has 4 aliphatic heterocycles. The molecule has 554 valence electrons. The molecule has 0 atom stereocenters. The third kappa shape index (κ3) is 23.3. The Hall–Kier alpha value is -11.4. The summed E-state index contributed by atoms with van der Waals surface area (Å²) in [4.78, 5) is 86.9. The fourth-order valence-electron chi connectivity index (χ4n) is 11.0. The van der Waals surface area contributed by atoms with Crippen LogP contribution in [0.1, 0.15) is 54.9 Å². The van der Waals surface area contributed by atoms with Gasteiger partial charge in [-0.05, 0) is 144 Å². The number of carbonyl (C=O) groups excluding carboxylic acids is 6. The minimum Gasteiger partial charge on any atom is -0.508 e. The number of likely N-dealkylation sites (N-methyl/N-ethyl adjacent to an activating group) is 1. The molecule has 0 spiro atoms. The minimum absolute atomic E-state index is 0.00960. The maximum atomic E-state index is 13.0. The van der Waals surface area contributed by atoms with Crippen LogP contribution in [0.25, 0.3) is 30.4 Å². The number of phenolic OH excluding ortho intramolecular Hbond substituents is 4. The fraction of sp³-hybridized carbons (Fsp3) is 0.325. The lowest BCUT2D eigenvalue weighted by Crippen LogP contribution is -2.50. The van der Waals surface area contributed by atoms with Gasteiger partial charge < -0.3 is 104 Å². The molecule has 6 amide bonds. The topological polar surface area (TPSA) is 342 Å². The summed E-state index contributed by atoms with van der Waals surface area (Å²) in [5, 5.41) is 76.3. The van der Waals surface area contributed by atoms with Crippen molar-refractivity contribution in [1.82, 2.24) is 34.3 Å². The van der Waals surface area contributed by atoms with Crippen LogP contribution < -0.4 is 23.7 Å². The van der Waals surface area contributed by atoms with Crippen molar-refractivity contribution in [2.75, 3.05) is 147 Å². The van der Waals surface area contributed by atoms with E-state index >= 15 is 0 Å². The number of carbonyl (C=O) groups is 6. The molecule has 0 radical (unpaired) electrons. The van der Waals surface area contributed by atoms with Crippen LogP contribution in [0.2, 0.25) is 0 Å². The summed E-state index contributed by atoms with van der Waals surface area (Å²) in [6.45, 7) is 8.05. The second-order valence-corrected chi connectivity index (χ2v) is 23.9. The quantitative estimate of drug-likeness (QED) is 0.0441. The highest BCUT2D eigenvalue weighted by Gasteiger charge is 2.27. The lowest BCUT2D eigenvalue weighted by atomic mass is 10.0. The zero-order chi connectivity index (χ0) is 75.2. The Bertz CT molecular complexity index is 3960. The van der Waals surface area contributed by atoms with Crippen molar-refractivity contribution in [3.8, 4) is 57.5 Å². The third-order valence-electron chi connectivity index (χ3n) is 17.2. The highest BCUT2D eigenvalue weighted by Crippen LogP contribution is 2.31. The van der Waals surface area contributed by atoms with Crippen LogP contribution in [-0.4, -0.2) is 258 Å². The van der Waals surface area contributed by atoms with E-state index in [0.717, 1.165) is 42.9 Å². The van der Waals surface area contributed by atoms with Gasteiger partial charge in [-0.3, -0.25) is 28.8 Å². The van der Waals surface area contributed by atoms with Crippen LogP contribution in [0.5, 0.6) is 57.5 Å². The molecule has 10 rings (SSSR count). The van der Waals surface area contributed by atoms with Gasteiger partial charge in [0, 0.05) is 139 Å². The third-order valence-corrected chi connectivity index (χ3v) is 17.2. The zero-order valence-electron chi connectivity index (χ0n) is 59.1. The first kappa shape index (κ1) is 80.0. The van der Waals surface area contributed by atoms with Crippen molar-refractivity contribution >= 4 is 65.8 Å². The zero-order valence-corrected chi connectivity index (χ0v) is 59.1. The number of nitrogens with zero attached hydrogens (tertiary/aromatic N) is 7. The average Bonchev–Trinajstić information content (AvgIpc) is 0.805. The molecule has 4 fully saturated rings. The van der Waals surface area contributed by atoms with E-state index in [1.807, 2.05) is 4.90 Å². The van der Waals surface area contributed by atoms with E-state index in [4.69, 9.17) is 28.4 Å². The van der Waals surface area contributed by atoms with E-state index in [2.05, 4.69) is 11.9 Å². The number of benzene rings is 6. The maximum Gasteiger partial charge on any atom is 0.254 e. The van der Waals surface area contributed by atoms with Crippen LogP contribution in [0.4, 0.5) is 0 Å². The van der Waals surface area contributed by atoms with Gasteiger partial charge in [0.25, 0.3) is 5.91 Å². The monoisotopic (exact) mass is 1430 g/mol. The molecule has 4 aliphatic rings. The number of amides is 6. The first-order valence-electron chi connectivity index (χ1n) is 33.4. The van der Waals surface area contributed by atoms with Gasteiger partial charge in [0.15, 0.2) is 46.0 Å². The van der Waals surface area contributed by atoms with E-state index in [1.165, 1.54) is 84.1 Å². The molecule has 0 bridgehead atoms. The van der Waals surface area contributed by atoms with Crippen molar-refractivity contribution in [3.63, 3.8) is 0 Å². The maximum absolute atomic E-state index is 13.0. The van der Waals surface area contributed by atoms with Crippen LogP contribution in [-0.2, 0) is 48.5 Å². The number of phenols is 5. The number of morpholine rings is 1. The van der Waals surface area contributed by atoms with Gasteiger partial charge in [-0.25, -0.2) is 0 Å². The van der Waals surface area contributed by atoms with E-state index < -0.39 is 0 Å². The van der Waals surface area contributed by atoms with Gasteiger partial charge in [0.1, 0.15) is 11.5 Å². The molecule has 0 saturated carbocycles. The van der Waals surface area contributed by atoms with Gasteiger partial charge in [-0.2, -0.15) is 0 Å². The Morgan fingerprint density at radius 3 is 0.942 bits per heavy atom. The Morgan fingerprint density at radius 2 is 0.635 bits per heavy atom. The first-order chi connectivity index (χ1) is 50.1. The first-order valence-corrected chi connectivity index (χ1v) is 33.4. The summed E-state index contributed by atoms with van der Waals surface area (Å²) in [6.07, 6.45) is 15.8. The Morgan fingerprint density at radius 1 is 0.346 bits per heavy atom. The molecule has 6 aromatic rings. The molecular weight excluding hydrogens is 1340 g/mol. The van der Waals surface area contributed by atoms with Crippen LogP contribution in [0.15, 0.2) is 134 Å². The fourth-order valence-corrected chi connectivity index (χ4v) is 11.0. The molecule has 6 aromatic carbocycles. The molecule has 4 saturated heterocycles. The summed E-state index contributed by atoms with van der Waals surface area (Å²) >= 11 is 0. The van der Waals surface area contributed by atoms with E-state index in [-0.39, 0.29) is 84.0 Å². The van der Waals surface area contributed by atoms with Gasteiger partial charge >= 0.3 is 0 Å². The van der Waals surface area contributed by atoms with Crippen LogP contribution >= 0.6 is 0 Å². The number of aliphatic hydroxyl groups is 3. The van der Waals surface area contributed by atoms with Gasteiger partial charge in [0.05, 0.1) is 68.6 Å². The van der Waals surface area contributed by atoms with Gasteiger partial charge in [-0.15, -0.1) is 0 Å². The smallest absolute Gasteiger partial charge is 0.254 e. The second kappa shape index (κ2) is 40.3. The van der Waals surface area contributed by atoms with E-state index in [1.54, 1.807) is 140 Å². The number of ether oxygens (including phenoxy) is 6. The van der Waals surface area contributed by atoms with Crippen molar-refractivity contribution in [3.05, 3.63) is 184 Å². The summed E-state index contributed by atoms with van der Waals surface area (Å²) in [5.74, 6) is 1.30. The van der Waals surface area contributed by atoms with Crippen molar-refractivity contribution in [2.24, 2.45) is 0 Å². The molecular formula is C77H91N7O20. The lowest BCUT2D eigenvalue weighted by Gasteiger charge is -2.34. The SMILES string of the molecule is COc1cc(/C=C/C(=O)N2CCN(C(=O)/C=C/c3ccc(O)c(CO)c3)CC2)ccc1O.COc1cc(/C=C/C(=O)N2CCN(C(=O)c3cc(CO)c(CO)c(OC)c3)CC2)ccc1O.COc1cc(/C=C/C(=O)N2CCN(C)CC2)ccc1O.COc1cc(/C=C/C(=O)N2CCOCC2)ccc1O. The van der Waals surface area contributed by atoms with E-state index in [9.17, 15) is 69.6 Å². The Labute approximate surface area is 604 Å². The Balaban J connectivity index is 0.000000199. The van der Waals surface area contributed by atoms with Crippen LogP contribution in [0, 0.1) is 0 Å². The predicted molar refractivity (Wildman–Crippen MR) is 390 cm³/mol. The number of methoxy groups -OCH3 is 5. The molecule has 0 aromatic heterocycles. The standard InChI is InChI=1S/C24H28N2O7.C24H26N2O6.C15H20N2O3.C14H17NO4/c1-32-21-13-17(12-18(14-27)19(21)15-28)24(31)26-9-7-25(8-10-26)23(30)6-4-16-3-5-20(29)22(11-16)33-2;1-32-22-15-18(3-7-21(22)29)5-9-24(31)26-12-10-25(11-13-26)23(30)8-4-17-2-6-20(28)19(14-17)16-27;1-16-7-9-17(10-8-16)15(19)6-4-12-3-5-13(18)14(11-12)20-2;1-18-13-10-11(2-4-12(13)16)3-5-14(17)15-6-8-19-9-7-15/h3-6,11-13,27-29H,7-10,14-15H2,1-2H3;2-9,14-15,27-29H,10-13,16H2,1H3;3-6,11,18H,7-10H2,1-2H3;2-5,10,16H,6-9H2,1H3/b6-4+;8-4+,9-5+;6-4+;5-3+. The number of rotatable bonds is 19. The largest absolute Gasteiger partial charge is 0.508 e. The molecule has 0 unspecified atom stereocenters. The Kier molecular flexibility index (Phi) is 31.0. The number of hydrogen-bond acceptors (Lipinski definition) is 21. The number of aromatic hydroxyl groups is 5. The summed E-state index contributed by atoms with van der Waals surface area (Å²) in [6, 6.07) is 27.4. The van der Waals surface area contributed by atoms with Crippen molar-refractivity contribution in [1.29, 1.82) is 0 Å². The number of piperazine rings is 3. The molecule has 8 N–H and O–H groups in total. The molecule has 4 heterocycles. The molecule has 27 nitrogen and oxygen atoms in total. The lowest BCUT2D eigenvalue weighted by molar-refractivity contribution is -0.133.